The molecule has 4 rings (SSSR count). The summed E-state index contributed by atoms with van der Waals surface area (Å²) >= 11 is 0. The fourth-order valence-electron chi connectivity index (χ4n) is 4.53. The summed E-state index contributed by atoms with van der Waals surface area (Å²) in [5.74, 6) is -2.02. The van der Waals surface area contributed by atoms with Crippen molar-refractivity contribution < 1.29 is 38.1 Å². The molecule has 0 aromatic heterocycles. The van der Waals surface area contributed by atoms with E-state index in [-0.39, 0.29) is 28.8 Å². The van der Waals surface area contributed by atoms with E-state index >= 15 is 0 Å². The molecule has 1 heterocycles. The predicted octanol–water partition coefficient (Wildman–Crippen LogP) is 6.65. The first-order valence-electron chi connectivity index (χ1n) is 12.6. The van der Waals surface area contributed by atoms with Crippen LogP contribution in [0.1, 0.15) is 43.5 Å². The number of benzene rings is 3. The highest BCUT2D eigenvalue weighted by molar-refractivity contribution is 5.90. The molecule has 3 aromatic rings. The number of nitrogens with zero attached hydrogens (tertiary/aromatic N) is 1. The highest BCUT2D eigenvalue weighted by atomic mass is 19.2. The van der Waals surface area contributed by atoms with E-state index in [0.717, 1.165) is 12.1 Å². The van der Waals surface area contributed by atoms with Crippen LogP contribution >= 0.6 is 0 Å². The van der Waals surface area contributed by atoms with Gasteiger partial charge in [0.15, 0.2) is 11.6 Å². The second kappa shape index (κ2) is 11.7. The van der Waals surface area contributed by atoms with Gasteiger partial charge >= 0.3 is 12.0 Å². The molecule has 0 radical (unpaired) electrons. The summed E-state index contributed by atoms with van der Waals surface area (Å²) in [6, 6.07) is 13.0. The molecule has 0 spiro atoms. The van der Waals surface area contributed by atoms with Gasteiger partial charge in [-0.2, -0.15) is 0 Å². The number of ether oxygens (including phenoxy) is 2. The van der Waals surface area contributed by atoms with E-state index in [4.69, 9.17) is 14.6 Å². The monoisotopic (exact) mass is 540 g/mol. The van der Waals surface area contributed by atoms with Crippen LogP contribution in [0.2, 0.25) is 0 Å². The topological polar surface area (TPSA) is 108 Å². The number of hydrogen-bond acceptors (Lipinski definition) is 5. The third-order valence-electron chi connectivity index (χ3n) is 6.36. The maximum absolute atomic E-state index is 13.7. The Bertz CT molecular complexity index is 1340. The summed E-state index contributed by atoms with van der Waals surface area (Å²) in [6.45, 7) is 4.87. The number of aromatic carboxylic acids is 1. The van der Waals surface area contributed by atoms with E-state index in [1.807, 2.05) is 13.8 Å². The van der Waals surface area contributed by atoms with Gasteiger partial charge in [0.1, 0.15) is 23.0 Å². The molecule has 206 valence electrons. The Hall–Kier alpha value is -4.18. The number of likely N-dealkylation sites (tertiary alicyclic amines) is 1. The molecule has 1 fully saturated rings. The second-order valence-corrected chi connectivity index (χ2v) is 10.0. The minimum atomic E-state index is -1.08. The zero-order chi connectivity index (χ0) is 28.2. The minimum Gasteiger partial charge on any atom is -0.478 e. The first kappa shape index (κ1) is 27.8. The number of hydrogen-bond donors (Lipinski definition) is 3. The van der Waals surface area contributed by atoms with Crippen molar-refractivity contribution in [2.75, 3.05) is 18.4 Å². The Labute approximate surface area is 224 Å². The van der Waals surface area contributed by atoms with Gasteiger partial charge in [0.25, 0.3) is 0 Å². The summed E-state index contributed by atoms with van der Waals surface area (Å²) in [7, 11) is 0. The van der Waals surface area contributed by atoms with Crippen molar-refractivity contribution in [3.05, 3.63) is 77.9 Å². The lowest BCUT2D eigenvalue weighted by Gasteiger charge is -2.39. The van der Waals surface area contributed by atoms with Crippen molar-refractivity contribution >= 4 is 17.7 Å². The summed E-state index contributed by atoms with van der Waals surface area (Å²) in [5, 5.41) is 22.7. The number of carbonyl (C=O) groups is 2. The van der Waals surface area contributed by atoms with Crippen LogP contribution in [-0.2, 0) is 0 Å². The molecule has 3 aromatic carbocycles. The van der Waals surface area contributed by atoms with Crippen LogP contribution in [-0.4, -0.2) is 45.8 Å². The highest BCUT2D eigenvalue weighted by Crippen LogP contribution is 2.34. The summed E-state index contributed by atoms with van der Waals surface area (Å²) in [4.78, 5) is 25.8. The summed E-state index contributed by atoms with van der Waals surface area (Å²) in [5.41, 5.74) is -0.381. The lowest BCUT2D eigenvalue weighted by atomic mass is 9.84. The van der Waals surface area contributed by atoms with Crippen molar-refractivity contribution in [1.29, 1.82) is 0 Å². The molecule has 1 saturated heterocycles. The maximum atomic E-state index is 13.7. The van der Waals surface area contributed by atoms with E-state index < -0.39 is 23.2 Å². The third-order valence-corrected chi connectivity index (χ3v) is 6.36. The molecule has 3 N–H and O–H groups in total. The van der Waals surface area contributed by atoms with E-state index in [1.54, 1.807) is 11.0 Å². The van der Waals surface area contributed by atoms with Crippen molar-refractivity contribution in [3.8, 4) is 23.0 Å². The number of anilines is 1. The smallest absolute Gasteiger partial charge is 0.335 e. The summed E-state index contributed by atoms with van der Waals surface area (Å²) < 4.78 is 38.7. The Morgan fingerprint density at radius 3 is 2.05 bits per heavy atom. The number of halogens is 2. The van der Waals surface area contributed by atoms with Crippen LogP contribution in [0.25, 0.3) is 0 Å². The lowest BCUT2D eigenvalue weighted by molar-refractivity contribution is -0.0268. The van der Waals surface area contributed by atoms with Crippen LogP contribution in [0, 0.1) is 17.6 Å². The number of carboxylic acid groups (broad SMARTS) is 1. The van der Waals surface area contributed by atoms with Crippen LogP contribution in [0.15, 0.2) is 60.7 Å². The molecular weight excluding hydrogens is 510 g/mol. The first-order valence-corrected chi connectivity index (χ1v) is 12.6. The number of rotatable bonds is 8. The van der Waals surface area contributed by atoms with Crippen LogP contribution < -0.4 is 14.8 Å². The quantitative estimate of drug-likeness (QED) is 0.295. The Balaban J connectivity index is 1.54. The summed E-state index contributed by atoms with van der Waals surface area (Å²) in [6.07, 6.45) is 1.61. The van der Waals surface area contributed by atoms with Gasteiger partial charge in [-0.25, -0.2) is 18.4 Å². The molecule has 0 bridgehead atoms. The van der Waals surface area contributed by atoms with Gasteiger partial charge in [-0.05, 0) is 61.6 Å². The number of urea groups is 1. The average molecular weight is 541 g/mol. The Morgan fingerprint density at radius 2 is 1.49 bits per heavy atom. The molecule has 10 heteroatoms. The van der Waals surface area contributed by atoms with Gasteiger partial charge in [0.2, 0.25) is 0 Å². The number of nitrogens with one attached hydrogen (secondary N) is 1. The van der Waals surface area contributed by atoms with E-state index in [0.29, 0.717) is 49.7 Å². The Kier molecular flexibility index (Phi) is 8.35. The van der Waals surface area contributed by atoms with Gasteiger partial charge in [-0.1, -0.05) is 13.8 Å². The van der Waals surface area contributed by atoms with Crippen LogP contribution in [0.5, 0.6) is 23.0 Å². The lowest BCUT2D eigenvalue weighted by Crippen LogP contribution is -2.48. The third kappa shape index (κ3) is 7.44. The van der Waals surface area contributed by atoms with E-state index in [2.05, 4.69) is 5.32 Å². The molecule has 0 saturated carbocycles. The molecular formula is C29H30F2N2O6. The fourth-order valence-corrected chi connectivity index (χ4v) is 4.53. The van der Waals surface area contributed by atoms with Crippen molar-refractivity contribution in [2.24, 2.45) is 5.92 Å². The molecule has 1 aliphatic heterocycles. The number of carboxylic acids is 1. The van der Waals surface area contributed by atoms with Crippen molar-refractivity contribution in [3.63, 3.8) is 0 Å². The molecule has 8 nitrogen and oxygen atoms in total. The van der Waals surface area contributed by atoms with Gasteiger partial charge in [0, 0.05) is 43.0 Å². The Morgan fingerprint density at radius 1 is 0.897 bits per heavy atom. The maximum Gasteiger partial charge on any atom is 0.335 e. The molecule has 0 atom stereocenters. The largest absolute Gasteiger partial charge is 0.478 e. The van der Waals surface area contributed by atoms with Gasteiger partial charge in [0.05, 0.1) is 11.2 Å². The zero-order valence-electron chi connectivity index (χ0n) is 21.6. The number of aliphatic hydroxyl groups is 1. The van der Waals surface area contributed by atoms with Crippen LogP contribution in [0.4, 0.5) is 19.3 Å². The van der Waals surface area contributed by atoms with E-state index in [1.165, 1.54) is 42.5 Å². The molecule has 2 amide bonds. The minimum absolute atomic E-state index is 0.0367. The van der Waals surface area contributed by atoms with Gasteiger partial charge in [-0.3, -0.25) is 0 Å². The number of carbonyl (C=O) groups excluding carboxylic acids is 1. The van der Waals surface area contributed by atoms with Crippen LogP contribution in [0.3, 0.4) is 0 Å². The molecule has 39 heavy (non-hydrogen) atoms. The number of piperidine rings is 1. The average Bonchev–Trinajstić information content (AvgIpc) is 2.86. The molecule has 1 aliphatic rings. The highest BCUT2D eigenvalue weighted by Gasteiger charge is 2.34. The van der Waals surface area contributed by atoms with Gasteiger partial charge < -0.3 is 29.9 Å². The normalized spacial score (nSPS) is 14.7. The second-order valence-electron chi connectivity index (χ2n) is 10.0. The number of amides is 2. The fraction of sp³-hybridized carbons (Fsp3) is 0.310. The van der Waals surface area contributed by atoms with Crippen molar-refractivity contribution in [1.82, 2.24) is 4.90 Å². The first-order chi connectivity index (χ1) is 18.5. The molecule has 0 aliphatic carbocycles. The standard InChI is InChI=1S/C29H30F2N2O6/c1-18(2)17-29(37)9-11-33(12-10-29)28(36)32-20-13-23(38-21-5-3-19(4-6-21)27(34)35)15-24(14-20)39-22-7-8-25(30)26(31)16-22/h3-8,13-16,18,37H,9-12,17H2,1-2H3,(H,32,36)(H,34,35). The van der Waals surface area contributed by atoms with Gasteiger partial charge in [-0.15, -0.1) is 0 Å². The zero-order valence-corrected chi connectivity index (χ0v) is 21.6. The van der Waals surface area contributed by atoms with Crippen molar-refractivity contribution in [2.45, 2.75) is 38.7 Å². The SMILES string of the molecule is CC(C)CC1(O)CCN(C(=O)Nc2cc(Oc3ccc(C(=O)O)cc3)cc(Oc3ccc(F)c(F)c3)c2)CC1. The molecule has 0 unspecified atom stereocenters. The predicted molar refractivity (Wildman–Crippen MR) is 141 cm³/mol. The van der Waals surface area contributed by atoms with E-state index in [9.17, 15) is 23.5 Å².